The Morgan fingerprint density at radius 1 is 1.30 bits per heavy atom. The highest BCUT2D eigenvalue weighted by Gasteiger charge is 2.24. The Bertz CT molecular complexity index is 404. The lowest BCUT2D eigenvalue weighted by molar-refractivity contribution is 0.311. The minimum Gasteiger partial charge on any atom is -0.356 e. The molecule has 112 valence electrons. The summed E-state index contributed by atoms with van der Waals surface area (Å²) in [5.41, 5.74) is 1.06. The SMILES string of the molecule is CCCNC(C)C1CCN(c2cc(C)nc(C)n2)CC1. The topological polar surface area (TPSA) is 41.0 Å². The van der Waals surface area contributed by atoms with Gasteiger partial charge in [0.2, 0.25) is 0 Å². The minimum absolute atomic E-state index is 0.631. The van der Waals surface area contributed by atoms with E-state index in [0.717, 1.165) is 42.9 Å². The molecular weight excluding hydrogens is 248 g/mol. The van der Waals surface area contributed by atoms with Gasteiger partial charge in [0.25, 0.3) is 0 Å². The van der Waals surface area contributed by atoms with Crippen molar-refractivity contribution in [2.45, 2.75) is 53.0 Å². The Hall–Kier alpha value is -1.16. The fraction of sp³-hybridized carbons (Fsp3) is 0.750. The second-order valence-corrected chi connectivity index (χ2v) is 5.98. The molecule has 2 heterocycles. The van der Waals surface area contributed by atoms with Crippen LogP contribution >= 0.6 is 0 Å². The van der Waals surface area contributed by atoms with E-state index in [4.69, 9.17) is 0 Å². The molecule has 1 N–H and O–H groups in total. The van der Waals surface area contributed by atoms with Gasteiger partial charge in [0.1, 0.15) is 11.6 Å². The zero-order valence-corrected chi connectivity index (χ0v) is 13.3. The Kier molecular flexibility index (Phi) is 5.35. The van der Waals surface area contributed by atoms with Crippen LogP contribution in [0.2, 0.25) is 0 Å². The molecule has 4 nitrogen and oxygen atoms in total. The molecule has 1 fully saturated rings. The molecule has 1 atom stereocenters. The first kappa shape index (κ1) is 15.2. The number of hydrogen-bond acceptors (Lipinski definition) is 4. The Morgan fingerprint density at radius 2 is 2.00 bits per heavy atom. The van der Waals surface area contributed by atoms with Gasteiger partial charge in [0, 0.05) is 30.9 Å². The van der Waals surface area contributed by atoms with Crippen LogP contribution in [0.4, 0.5) is 5.82 Å². The van der Waals surface area contributed by atoms with Gasteiger partial charge in [-0.25, -0.2) is 9.97 Å². The maximum Gasteiger partial charge on any atom is 0.132 e. The van der Waals surface area contributed by atoms with Crippen molar-refractivity contribution in [3.05, 3.63) is 17.6 Å². The van der Waals surface area contributed by atoms with Crippen molar-refractivity contribution in [3.63, 3.8) is 0 Å². The molecule has 0 amide bonds. The minimum atomic E-state index is 0.631. The highest BCUT2D eigenvalue weighted by atomic mass is 15.2. The fourth-order valence-electron chi connectivity index (χ4n) is 3.03. The van der Waals surface area contributed by atoms with Crippen LogP contribution in [0, 0.1) is 19.8 Å². The quantitative estimate of drug-likeness (QED) is 0.898. The average Bonchev–Trinajstić information content (AvgIpc) is 2.44. The van der Waals surface area contributed by atoms with E-state index in [9.17, 15) is 0 Å². The molecule has 4 heteroatoms. The molecule has 0 aromatic carbocycles. The van der Waals surface area contributed by atoms with Crippen molar-refractivity contribution < 1.29 is 0 Å². The van der Waals surface area contributed by atoms with E-state index in [2.05, 4.69) is 40.1 Å². The van der Waals surface area contributed by atoms with Gasteiger partial charge in [-0.2, -0.15) is 0 Å². The van der Waals surface area contributed by atoms with E-state index in [-0.39, 0.29) is 0 Å². The number of nitrogens with one attached hydrogen (secondary N) is 1. The number of anilines is 1. The Morgan fingerprint density at radius 3 is 2.60 bits per heavy atom. The maximum atomic E-state index is 4.58. The van der Waals surface area contributed by atoms with Gasteiger partial charge >= 0.3 is 0 Å². The Labute approximate surface area is 123 Å². The smallest absolute Gasteiger partial charge is 0.132 e. The van der Waals surface area contributed by atoms with Gasteiger partial charge in [-0.05, 0) is 52.5 Å². The van der Waals surface area contributed by atoms with Crippen molar-refractivity contribution >= 4 is 5.82 Å². The summed E-state index contributed by atoms with van der Waals surface area (Å²) in [5, 5.41) is 3.63. The van der Waals surface area contributed by atoms with Gasteiger partial charge in [-0.1, -0.05) is 6.92 Å². The fourth-order valence-corrected chi connectivity index (χ4v) is 3.03. The second-order valence-electron chi connectivity index (χ2n) is 5.98. The van der Waals surface area contributed by atoms with Crippen LogP contribution in [-0.2, 0) is 0 Å². The molecule has 0 aliphatic carbocycles. The van der Waals surface area contributed by atoms with Crippen LogP contribution in [-0.4, -0.2) is 35.6 Å². The first-order valence-corrected chi connectivity index (χ1v) is 7.90. The number of aromatic nitrogens is 2. The second kappa shape index (κ2) is 7.02. The zero-order valence-electron chi connectivity index (χ0n) is 13.3. The zero-order chi connectivity index (χ0) is 14.5. The summed E-state index contributed by atoms with van der Waals surface area (Å²) in [5.74, 6) is 2.77. The molecule has 0 radical (unpaired) electrons. The largest absolute Gasteiger partial charge is 0.356 e. The number of aryl methyl sites for hydroxylation is 2. The lowest BCUT2D eigenvalue weighted by Gasteiger charge is -2.36. The standard InChI is InChI=1S/C16H28N4/c1-5-8-17-13(3)15-6-9-20(10-7-15)16-11-12(2)18-14(4)19-16/h11,13,15,17H,5-10H2,1-4H3. The van der Waals surface area contributed by atoms with Crippen molar-refractivity contribution in [2.24, 2.45) is 5.92 Å². The predicted molar refractivity (Wildman–Crippen MR) is 84.2 cm³/mol. The third-order valence-electron chi connectivity index (χ3n) is 4.24. The lowest BCUT2D eigenvalue weighted by Crippen LogP contribution is -2.42. The van der Waals surface area contributed by atoms with E-state index < -0.39 is 0 Å². The summed E-state index contributed by atoms with van der Waals surface area (Å²) in [6.45, 7) is 11.9. The Balaban J connectivity index is 1.90. The third-order valence-corrected chi connectivity index (χ3v) is 4.24. The van der Waals surface area contributed by atoms with E-state index >= 15 is 0 Å². The number of piperidine rings is 1. The summed E-state index contributed by atoms with van der Waals surface area (Å²) in [4.78, 5) is 11.3. The summed E-state index contributed by atoms with van der Waals surface area (Å²) in [6, 6.07) is 2.73. The van der Waals surface area contributed by atoms with Crippen molar-refractivity contribution in [3.8, 4) is 0 Å². The van der Waals surface area contributed by atoms with Crippen LogP contribution in [0.3, 0.4) is 0 Å². The molecule has 2 rings (SSSR count). The molecule has 20 heavy (non-hydrogen) atoms. The van der Waals surface area contributed by atoms with Crippen molar-refractivity contribution in [1.29, 1.82) is 0 Å². The van der Waals surface area contributed by atoms with Gasteiger partial charge < -0.3 is 10.2 Å². The van der Waals surface area contributed by atoms with Gasteiger partial charge in [0.05, 0.1) is 0 Å². The molecule has 1 aliphatic heterocycles. The van der Waals surface area contributed by atoms with Gasteiger partial charge in [-0.3, -0.25) is 0 Å². The van der Waals surface area contributed by atoms with Gasteiger partial charge in [-0.15, -0.1) is 0 Å². The molecule has 0 saturated carbocycles. The number of hydrogen-bond donors (Lipinski definition) is 1. The molecule has 1 aromatic heterocycles. The maximum absolute atomic E-state index is 4.58. The van der Waals surface area contributed by atoms with E-state index in [1.54, 1.807) is 0 Å². The molecule has 1 aromatic rings. The van der Waals surface area contributed by atoms with E-state index in [1.807, 2.05) is 13.8 Å². The highest BCUT2D eigenvalue weighted by molar-refractivity contribution is 5.40. The summed E-state index contributed by atoms with van der Waals surface area (Å²) < 4.78 is 0. The van der Waals surface area contributed by atoms with Gasteiger partial charge in [0.15, 0.2) is 0 Å². The molecule has 1 saturated heterocycles. The number of nitrogens with zero attached hydrogens (tertiary/aromatic N) is 3. The van der Waals surface area contributed by atoms with Crippen molar-refractivity contribution in [1.82, 2.24) is 15.3 Å². The van der Waals surface area contributed by atoms with E-state index in [0.29, 0.717) is 6.04 Å². The molecule has 0 spiro atoms. The molecule has 0 bridgehead atoms. The van der Waals surface area contributed by atoms with Crippen LogP contribution < -0.4 is 10.2 Å². The molecule has 1 unspecified atom stereocenters. The average molecular weight is 276 g/mol. The highest BCUT2D eigenvalue weighted by Crippen LogP contribution is 2.24. The van der Waals surface area contributed by atoms with Crippen LogP contribution in [0.1, 0.15) is 44.6 Å². The van der Waals surface area contributed by atoms with E-state index in [1.165, 1.54) is 19.3 Å². The third kappa shape index (κ3) is 3.92. The summed E-state index contributed by atoms with van der Waals surface area (Å²) in [7, 11) is 0. The number of rotatable bonds is 5. The van der Waals surface area contributed by atoms with Crippen LogP contribution in [0.5, 0.6) is 0 Å². The summed E-state index contributed by atoms with van der Waals surface area (Å²) in [6.07, 6.45) is 3.71. The lowest BCUT2D eigenvalue weighted by atomic mass is 9.90. The monoisotopic (exact) mass is 276 g/mol. The van der Waals surface area contributed by atoms with Crippen LogP contribution in [0.15, 0.2) is 6.07 Å². The normalized spacial score (nSPS) is 18.3. The first-order valence-electron chi connectivity index (χ1n) is 7.90. The first-order chi connectivity index (χ1) is 9.60. The predicted octanol–water partition coefficient (Wildman–Crippen LogP) is 2.70. The molecule has 1 aliphatic rings. The summed E-state index contributed by atoms with van der Waals surface area (Å²) >= 11 is 0. The van der Waals surface area contributed by atoms with Crippen molar-refractivity contribution in [2.75, 3.05) is 24.5 Å². The van der Waals surface area contributed by atoms with Crippen LogP contribution in [0.25, 0.3) is 0 Å². The molecular formula is C16H28N4.